The minimum Gasteiger partial charge on any atom is -0.366 e. The summed E-state index contributed by atoms with van der Waals surface area (Å²) in [5, 5.41) is 10.5. The van der Waals surface area contributed by atoms with E-state index in [1.807, 2.05) is 16.9 Å². The van der Waals surface area contributed by atoms with Gasteiger partial charge in [0.2, 0.25) is 5.91 Å². The summed E-state index contributed by atoms with van der Waals surface area (Å²) in [4.78, 5) is 23.4. The molecule has 25 heavy (non-hydrogen) atoms. The summed E-state index contributed by atoms with van der Waals surface area (Å²) in [6, 6.07) is 8.92. The first kappa shape index (κ1) is 19.0. The topological polar surface area (TPSA) is 102 Å². The number of benzene rings is 1. The van der Waals surface area contributed by atoms with E-state index in [9.17, 15) is 9.59 Å². The normalized spacial score (nSPS) is 16.7. The Bertz CT molecular complexity index is 740. The molecule has 1 fully saturated rings. The molecule has 4 N–H and O–H groups in total. The number of nitrogens with two attached hydrogens (primary N) is 1. The highest BCUT2D eigenvalue weighted by Crippen LogP contribution is 2.15. The van der Waals surface area contributed by atoms with Crippen LogP contribution in [0.4, 0.5) is 0 Å². The van der Waals surface area contributed by atoms with Gasteiger partial charge in [-0.25, -0.2) is 0 Å². The molecule has 1 aromatic carbocycles. The van der Waals surface area contributed by atoms with Crippen LogP contribution < -0.4 is 16.4 Å². The molecule has 3 rings (SSSR count). The summed E-state index contributed by atoms with van der Waals surface area (Å²) < 4.78 is 1.86. The Balaban J connectivity index is 0.00000225. The number of aromatic nitrogens is 2. The van der Waals surface area contributed by atoms with Crippen LogP contribution in [0, 0.1) is 0 Å². The maximum Gasteiger partial charge on any atom is 0.272 e. The molecular weight excluding hydrogens is 342 g/mol. The fourth-order valence-electron chi connectivity index (χ4n) is 2.83. The molecular formula is C17H22ClN5O2. The van der Waals surface area contributed by atoms with Crippen molar-refractivity contribution in [3.63, 3.8) is 0 Å². The molecule has 2 aromatic rings. The van der Waals surface area contributed by atoms with Gasteiger partial charge in [-0.05, 0) is 43.1 Å². The highest BCUT2D eigenvalue weighted by molar-refractivity contribution is 5.93. The fraction of sp³-hybridized carbons (Fsp3) is 0.353. The first-order valence-electron chi connectivity index (χ1n) is 8.06. The monoisotopic (exact) mass is 363 g/mol. The molecule has 0 radical (unpaired) electrons. The van der Waals surface area contributed by atoms with Gasteiger partial charge in [-0.2, -0.15) is 5.10 Å². The van der Waals surface area contributed by atoms with E-state index in [1.54, 1.807) is 24.3 Å². The molecule has 1 aliphatic rings. The zero-order chi connectivity index (χ0) is 16.9. The van der Waals surface area contributed by atoms with Crippen molar-refractivity contribution in [3.8, 4) is 0 Å². The van der Waals surface area contributed by atoms with Gasteiger partial charge in [0.05, 0.1) is 6.04 Å². The van der Waals surface area contributed by atoms with E-state index in [0.29, 0.717) is 23.8 Å². The van der Waals surface area contributed by atoms with Crippen LogP contribution in [0.3, 0.4) is 0 Å². The number of halogens is 1. The van der Waals surface area contributed by atoms with Crippen molar-refractivity contribution >= 4 is 24.2 Å². The van der Waals surface area contributed by atoms with Gasteiger partial charge in [0.15, 0.2) is 0 Å². The number of hydrogen-bond acceptors (Lipinski definition) is 4. The van der Waals surface area contributed by atoms with Crippen molar-refractivity contribution in [2.24, 2.45) is 5.73 Å². The van der Waals surface area contributed by atoms with Gasteiger partial charge in [0.25, 0.3) is 5.91 Å². The molecule has 1 saturated heterocycles. The number of piperidine rings is 1. The van der Waals surface area contributed by atoms with Gasteiger partial charge >= 0.3 is 0 Å². The predicted octanol–water partition coefficient (Wildman–Crippen LogP) is 1.26. The number of carbonyl (C=O) groups excluding carboxylic acids is 2. The SMILES string of the molecule is Cl.NC(=O)c1cccc(CNC(=O)c2ccn(C3CCCNC3)n2)c1. The van der Waals surface area contributed by atoms with Crippen LogP contribution in [0.2, 0.25) is 0 Å². The second-order valence-corrected chi connectivity index (χ2v) is 5.93. The maximum absolute atomic E-state index is 12.2. The number of nitrogens with zero attached hydrogens (tertiary/aromatic N) is 2. The van der Waals surface area contributed by atoms with Gasteiger partial charge in [-0.3, -0.25) is 14.3 Å². The van der Waals surface area contributed by atoms with Crippen LogP contribution in [0.25, 0.3) is 0 Å². The Morgan fingerprint density at radius 2 is 2.20 bits per heavy atom. The smallest absolute Gasteiger partial charge is 0.272 e. The fourth-order valence-corrected chi connectivity index (χ4v) is 2.83. The third-order valence-electron chi connectivity index (χ3n) is 4.15. The van der Waals surface area contributed by atoms with E-state index >= 15 is 0 Å². The molecule has 1 atom stereocenters. The quantitative estimate of drug-likeness (QED) is 0.744. The Morgan fingerprint density at radius 3 is 2.92 bits per heavy atom. The molecule has 2 heterocycles. The molecule has 0 spiro atoms. The van der Waals surface area contributed by atoms with E-state index in [4.69, 9.17) is 5.73 Å². The molecule has 0 saturated carbocycles. The number of rotatable bonds is 5. The summed E-state index contributed by atoms with van der Waals surface area (Å²) >= 11 is 0. The molecule has 8 heteroatoms. The first-order chi connectivity index (χ1) is 11.6. The molecule has 0 aliphatic carbocycles. The summed E-state index contributed by atoms with van der Waals surface area (Å²) in [6.07, 6.45) is 4.03. The highest BCUT2D eigenvalue weighted by atomic mass is 35.5. The van der Waals surface area contributed by atoms with Gasteiger partial charge in [-0.15, -0.1) is 12.4 Å². The Kier molecular flexibility index (Phi) is 6.55. The zero-order valence-electron chi connectivity index (χ0n) is 13.8. The van der Waals surface area contributed by atoms with Gasteiger partial charge in [-0.1, -0.05) is 12.1 Å². The number of amides is 2. The maximum atomic E-state index is 12.2. The van der Waals surface area contributed by atoms with E-state index < -0.39 is 5.91 Å². The molecule has 134 valence electrons. The van der Waals surface area contributed by atoms with Crippen LogP contribution in [-0.4, -0.2) is 34.7 Å². The van der Waals surface area contributed by atoms with Crippen molar-refractivity contribution in [2.45, 2.75) is 25.4 Å². The van der Waals surface area contributed by atoms with Crippen molar-refractivity contribution < 1.29 is 9.59 Å². The van der Waals surface area contributed by atoms with E-state index in [2.05, 4.69) is 15.7 Å². The minimum absolute atomic E-state index is 0. The standard InChI is InChI=1S/C17H21N5O2.ClH/c18-16(23)13-4-1-3-12(9-13)10-20-17(24)15-6-8-22(21-15)14-5-2-7-19-11-14;/h1,3-4,6,8-9,14,19H,2,5,7,10-11H2,(H2,18,23)(H,20,24);1H. The lowest BCUT2D eigenvalue weighted by Crippen LogP contribution is -2.32. The lowest BCUT2D eigenvalue weighted by molar-refractivity contribution is 0.0944. The third-order valence-corrected chi connectivity index (χ3v) is 4.15. The van der Waals surface area contributed by atoms with E-state index in [0.717, 1.165) is 31.5 Å². The van der Waals surface area contributed by atoms with Crippen LogP contribution >= 0.6 is 12.4 Å². The Labute approximate surface area is 152 Å². The summed E-state index contributed by atoms with van der Waals surface area (Å²) in [6.45, 7) is 2.23. The second-order valence-electron chi connectivity index (χ2n) is 5.93. The summed E-state index contributed by atoms with van der Waals surface area (Å²) in [5.41, 5.74) is 6.90. The van der Waals surface area contributed by atoms with E-state index in [1.165, 1.54) is 0 Å². The summed E-state index contributed by atoms with van der Waals surface area (Å²) in [7, 11) is 0. The summed E-state index contributed by atoms with van der Waals surface area (Å²) in [5.74, 6) is -0.718. The average Bonchev–Trinajstić information content (AvgIpc) is 3.11. The number of nitrogens with one attached hydrogen (secondary N) is 2. The molecule has 1 unspecified atom stereocenters. The average molecular weight is 364 g/mol. The molecule has 1 aliphatic heterocycles. The van der Waals surface area contributed by atoms with Crippen LogP contribution in [0.1, 0.15) is 45.3 Å². The second kappa shape index (κ2) is 8.64. The van der Waals surface area contributed by atoms with Crippen molar-refractivity contribution in [3.05, 3.63) is 53.3 Å². The van der Waals surface area contributed by atoms with Crippen LogP contribution in [-0.2, 0) is 6.54 Å². The van der Waals surface area contributed by atoms with Crippen molar-refractivity contribution in [1.82, 2.24) is 20.4 Å². The van der Waals surface area contributed by atoms with Crippen LogP contribution in [0.15, 0.2) is 36.5 Å². The first-order valence-corrected chi connectivity index (χ1v) is 8.06. The molecule has 2 amide bonds. The van der Waals surface area contributed by atoms with Crippen LogP contribution in [0.5, 0.6) is 0 Å². The van der Waals surface area contributed by atoms with Crippen molar-refractivity contribution in [1.29, 1.82) is 0 Å². The number of carbonyl (C=O) groups is 2. The number of hydrogen-bond donors (Lipinski definition) is 3. The van der Waals surface area contributed by atoms with Gasteiger partial charge in [0, 0.05) is 24.8 Å². The molecule has 0 bridgehead atoms. The third kappa shape index (κ3) is 4.80. The lowest BCUT2D eigenvalue weighted by atomic mass is 10.1. The van der Waals surface area contributed by atoms with E-state index in [-0.39, 0.29) is 18.3 Å². The number of primary amides is 1. The Hall–Kier alpha value is -2.38. The largest absolute Gasteiger partial charge is 0.366 e. The van der Waals surface area contributed by atoms with Gasteiger partial charge in [0.1, 0.15) is 5.69 Å². The molecule has 1 aromatic heterocycles. The Morgan fingerprint density at radius 1 is 1.36 bits per heavy atom. The highest BCUT2D eigenvalue weighted by Gasteiger charge is 2.17. The van der Waals surface area contributed by atoms with Gasteiger partial charge < -0.3 is 16.4 Å². The predicted molar refractivity (Wildman–Crippen MR) is 96.7 cm³/mol. The lowest BCUT2D eigenvalue weighted by Gasteiger charge is -2.22. The molecule has 7 nitrogen and oxygen atoms in total. The minimum atomic E-state index is -0.483. The van der Waals surface area contributed by atoms with Crippen molar-refractivity contribution in [2.75, 3.05) is 13.1 Å². The zero-order valence-corrected chi connectivity index (χ0v) is 14.6.